The van der Waals surface area contributed by atoms with Crippen LogP contribution in [0.2, 0.25) is 0 Å². The van der Waals surface area contributed by atoms with E-state index in [-0.39, 0.29) is 0 Å². The van der Waals surface area contributed by atoms with E-state index in [1.165, 1.54) is 16.3 Å². The van der Waals surface area contributed by atoms with Gasteiger partial charge in [0, 0.05) is 22.8 Å². The van der Waals surface area contributed by atoms with Gasteiger partial charge in [-0.3, -0.25) is 0 Å². The lowest BCUT2D eigenvalue weighted by atomic mass is 10.1. The number of hydrogen-bond donors (Lipinski definition) is 2. The van der Waals surface area contributed by atoms with Crippen molar-refractivity contribution in [3.8, 4) is 0 Å². The van der Waals surface area contributed by atoms with Gasteiger partial charge < -0.3 is 10.6 Å². The fourth-order valence-electron chi connectivity index (χ4n) is 3.31. The topological polar surface area (TPSA) is 24.1 Å². The molecular formula is C27H24N2. The van der Waals surface area contributed by atoms with E-state index in [0.717, 1.165) is 29.2 Å². The third-order valence-electron chi connectivity index (χ3n) is 4.78. The lowest BCUT2D eigenvalue weighted by Gasteiger charge is -2.14. The van der Waals surface area contributed by atoms with E-state index in [1.54, 1.807) is 6.08 Å². The van der Waals surface area contributed by atoms with Gasteiger partial charge in [0.2, 0.25) is 0 Å². The molecule has 1 aliphatic carbocycles. The van der Waals surface area contributed by atoms with E-state index in [9.17, 15) is 0 Å². The van der Waals surface area contributed by atoms with Gasteiger partial charge in [0.15, 0.2) is 0 Å². The van der Waals surface area contributed by atoms with Crippen LogP contribution in [0.4, 0.5) is 17.1 Å². The summed E-state index contributed by atoms with van der Waals surface area (Å²) >= 11 is 0. The normalized spacial score (nSPS) is 14.9. The van der Waals surface area contributed by atoms with Crippen LogP contribution in [-0.4, -0.2) is 0 Å². The molecule has 2 heteroatoms. The molecule has 3 aromatic carbocycles. The predicted octanol–water partition coefficient (Wildman–Crippen LogP) is 7.51. The Balaban J connectivity index is 1.43. The number of fused-ring (bicyclic) bond motifs is 1. The summed E-state index contributed by atoms with van der Waals surface area (Å²) in [6.07, 6.45) is 15.2. The summed E-state index contributed by atoms with van der Waals surface area (Å²) in [5.41, 5.74) is 5.59. The Morgan fingerprint density at radius 2 is 1.52 bits per heavy atom. The number of rotatable bonds is 6. The molecule has 0 saturated carbocycles. The lowest BCUT2D eigenvalue weighted by Crippen LogP contribution is -2.00. The maximum atomic E-state index is 3.69. The predicted molar refractivity (Wildman–Crippen MR) is 127 cm³/mol. The van der Waals surface area contributed by atoms with E-state index in [1.807, 2.05) is 12.2 Å². The Hall–Kier alpha value is -3.78. The summed E-state index contributed by atoms with van der Waals surface area (Å²) in [5, 5.41) is 9.49. The highest BCUT2D eigenvalue weighted by atomic mass is 14.9. The van der Waals surface area contributed by atoms with E-state index in [2.05, 4.69) is 108 Å². The molecule has 0 aliphatic heterocycles. The molecule has 0 amide bonds. The SMILES string of the molecule is C=C/C=C\C=C1\C=CC(Nc2cccc(Nc3ccc4ccccc4c3)c2)=CC1. The minimum absolute atomic E-state index is 0.912. The standard InChI is InChI=1S/C27H24N2/c1-2-3-4-8-21-13-16-24(17-14-21)28-25-11-7-12-26(20-25)29-27-18-15-22-9-5-6-10-23(22)19-27/h2-13,15-20,28-29H,1,14H2/b4-3-,21-8-. The first-order chi connectivity index (χ1) is 14.3. The first-order valence-electron chi connectivity index (χ1n) is 9.79. The molecule has 0 bridgehead atoms. The zero-order chi connectivity index (χ0) is 19.9. The molecule has 142 valence electrons. The van der Waals surface area contributed by atoms with Crippen molar-refractivity contribution >= 4 is 27.8 Å². The van der Waals surface area contributed by atoms with Crippen LogP contribution in [0.25, 0.3) is 10.8 Å². The summed E-state index contributed by atoms with van der Waals surface area (Å²) in [4.78, 5) is 0. The quantitative estimate of drug-likeness (QED) is 0.435. The highest BCUT2D eigenvalue weighted by molar-refractivity contribution is 5.86. The summed E-state index contributed by atoms with van der Waals surface area (Å²) in [7, 11) is 0. The number of anilines is 3. The highest BCUT2D eigenvalue weighted by Gasteiger charge is 2.03. The number of allylic oxidation sites excluding steroid dienone is 8. The molecule has 0 spiro atoms. The van der Waals surface area contributed by atoms with Crippen LogP contribution in [-0.2, 0) is 0 Å². The van der Waals surface area contributed by atoms with E-state index >= 15 is 0 Å². The smallest absolute Gasteiger partial charge is 0.0405 e. The molecule has 3 aromatic rings. The van der Waals surface area contributed by atoms with Crippen LogP contribution >= 0.6 is 0 Å². The molecule has 4 rings (SSSR count). The third-order valence-corrected chi connectivity index (χ3v) is 4.78. The fourth-order valence-corrected chi connectivity index (χ4v) is 3.31. The Morgan fingerprint density at radius 3 is 2.31 bits per heavy atom. The number of benzene rings is 3. The minimum atomic E-state index is 0.912. The molecule has 0 aromatic heterocycles. The lowest BCUT2D eigenvalue weighted by molar-refractivity contribution is 1.22. The zero-order valence-corrected chi connectivity index (χ0v) is 16.3. The average molecular weight is 377 g/mol. The van der Waals surface area contributed by atoms with Crippen LogP contribution in [0.5, 0.6) is 0 Å². The van der Waals surface area contributed by atoms with Gasteiger partial charge in [-0.25, -0.2) is 0 Å². The zero-order valence-electron chi connectivity index (χ0n) is 16.3. The molecule has 0 fully saturated rings. The molecule has 0 saturated heterocycles. The van der Waals surface area contributed by atoms with E-state index in [0.29, 0.717) is 0 Å². The van der Waals surface area contributed by atoms with Crippen molar-refractivity contribution in [3.63, 3.8) is 0 Å². The van der Waals surface area contributed by atoms with E-state index in [4.69, 9.17) is 0 Å². The second kappa shape index (κ2) is 8.94. The Morgan fingerprint density at radius 1 is 0.724 bits per heavy atom. The van der Waals surface area contributed by atoms with Gasteiger partial charge in [-0.05, 0) is 59.2 Å². The second-order valence-corrected chi connectivity index (χ2v) is 6.95. The van der Waals surface area contributed by atoms with Crippen LogP contribution in [0, 0.1) is 0 Å². The van der Waals surface area contributed by atoms with Gasteiger partial charge in [0.25, 0.3) is 0 Å². The maximum absolute atomic E-state index is 3.69. The molecule has 0 unspecified atom stereocenters. The Bertz CT molecular complexity index is 1150. The summed E-state index contributed by atoms with van der Waals surface area (Å²) in [6, 6.07) is 23.2. The number of hydrogen-bond acceptors (Lipinski definition) is 2. The minimum Gasteiger partial charge on any atom is -0.356 e. The third kappa shape index (κ3) is 4.94. The molecule has 2 N–H and O–H groups in total. The first kappa shape index (κ1) is 18.6. The fraction of sp³-hybridized carbons (Fsp3) is 0.0370. The second-order valence-electron chi connectivity index (χ2n) is 6.95. The first-order valence-corrected chi connectivity index (χ1v) is 9.79. The summed E-state index contributed by atoms with van der Waals surface area (Å²) in [6.45, 7) is 3.69. The number of nitrogens with one attached hydrogen (secondary N) is 2. The summed E-state index contributed by atoms with van der Waals surface area (Å²) in [5.74, 6) is 0. The van der Waals surface area contributed by atoms with Crippen molar-refractivity contribution in [2.24, 2.45) is 0 Å². The van der Waals surface area contributed by atoms with Crippen molar-refractivity contribution in [3.05, 3.63) is 127 Å². The monoisotopic (exact) mass is 376 g/mol. The van der Waals surface area contributed by atoms with Gasteiger partial charge in [-0.15, -0.1) is 0 Å². The van der Waals surface area contributed by atoms with Gasteiger partial charge in [-0.2, -0.15) is 0 Å². The van der Waals surface area contributed by atoms with Gasteiger partial charge in [-0.1, -0.05) is 79.4 Å². The van der Waals surface area contributed by atoms with Crippen molar-refractivity contribution in [1.29, 1.82) is 0 Å². The van der Waals surface area contributed by atoms with Gasteiger partial charge >= 0.3 is 0 Å². The molecule has 0 atom stereocenters. The molecule has 1 aliphatic rings. The molecule has 0 heterocycles. The van der Waals surface area contributed by atoms with Crippen molar-refractivity contribution < 1.29 is 0 Å². The highest BCUT2D eigenvalue weighted by Crippen LogP contribution is 2.25. The van der Waals surface area contributed by atoms with Crippen molar-refractivity contribution in [2.45, 2.75) is 6.42 Å². The Kier molecular flexibility index (Phi) is 5.73. The van der Waals surface area contributed by atoms with Crippen molar-refractivity contribution in [2.75, 3.05) is 10.6 Å². The van der Waals surface area contributed by atoms with Gasteiger partial charge in [0.1, 0.15) is 0 Å². The average Bonchev–Trinajstić information content (AvgIpc) is 2.75. The van der Waals surface area contributed by atoms with Crippen molar-refractivity contribution in [1.82, 2.24) is 0 Å². The maximum Gasteiger partial charge on any atom is 0.0405 e. The van der Waals surface area contributed by atoms with Gasteiger partial charge in [0.05, 0.1) is 0 Å². The van der Waals surface area contributed by atoms with Crippen LogP contribution in [0.3, 0.4) is 0 Å². The van der Waals surface area contributed by atoms with Crippen LogP contribution in [0.15, 0.2) is 127 Å². The largest absolute Gasteiger partial charge is 0.356 e. The van der Waals surface area contributed by atoms with Crippen LogP contribution < -0.4 is 10.6 Å². The van der Waals surface area contributed by atoms with Crippen LogP contribution in [0.1, 0.15) is 6.42 Å². The molecule has 0 radical (unpaired) electrons. The molecule has 2 nitrogen and oxygen atoms in total. The Labute approximate surface area is 172 Å². The molecule has 29 heavy (non-hydrogen) atoms. The summed E-state index contributed by atoms with van der Waals surface area (Å²) < 4.78 is 0. The molecular weight excluding hydrogens is 352 g/mol. The van der Waals surface area contributed by atoms with E-state index < -0.39 is 0 Å².